The number of nitriles is 1. The van der Waals surface area contributed by atoms with Crippen molar-refractivity contribution in [1.29, 1.82) is 5.26 Å². The summed E-state index contributed by atoms with van der Waals surface area (Å²) in [6.07, 6.45) is 9.94. The highest BCUT2D eigenvalue weighted by molar-refractivity contribution is 5.26. The van der Waals surface area contributed by atoms with Crippen LogP contribution in [0.3, 0.4) is 0 Å². The van der Waals surface area contributed by atoms with Gasteiger partial charge in [0.1, 0.15) is 11.2 Å². The van der Waals surface area contributed by atoms with Crippen LogP contribution in [0.5, 0.6) is 0 Å². The number of aromatic nitrogens is 2. The second-order valence-corrected chi connectivity index (χ2v) is 5.33. The van der Waals surface area contributed by atoms with Gasteiger partial charge in [0.2, 0.25) is 0 Å². The second kappa shape index (κ2) is 4.10. The highest BCUT2D eigenvalue weighted by atomic mass is 14.9. The summed E-state index contributed by atoms with van der Waals surface area (Å²) in [5, 5.41) is 9.32. The van der Waals surface area contributed by atoms with Crippen molar-refractivity contribution in [3.63, 3.8) is 0 Å². The van der Waals surface area contributed by atoms with E-state index < -0.39 is 0 Å². The maximum absolute atomic E-state index is 9.32. The van der Waals surface area contributed by atoms with Gasteiger partial charge in [-0.05, 0) is 38.2 Å². The normalized spacial score (nSPS) is 23.0. The van der Waals surface area contributed by atoms with Crippen LogP contribution < -0.4 is 0 Å². The Morgan fingerprint density at radius 2 is 2.00 bits per heavy atom. The third kappa shape index (κ3) is 1.72. The molecule has 2 aliphatic rings. The summed E-state index contributed by atoms with van der Waals surface area (Å²) in [5.74, 6) is 1.38. The summed E-state index contributed by atoms with van der Waals surface area (Å²) in [6.45, 7) is 0. The zero-order chi connectivity index (χ0) is 11.7. The van der Waals surface area contributed by atoms with Crippen LogP contribution in [0.15, 0.2) is 12.3 Å². The third-order valence-electron chi connectivity index (χ3n) is 4.30. The number of rotatable bonds is 2. The molecule has 0 unspecified atom stereocenters. The standard InChI is InChI=1S/C14H17N3/c15-10-14(7-3-8-14)13-16-9-6-12(17-13)11-4-1-2-5-11/h6,9,11H,1-5,7-8H2. The Morgan fingerprint density at radius 3 is 2.59 bits per heavy atom. The monoisotopic (exact) mass is 227 g/mol. The van der Waals surface area contributed by atoms with Crippen molar-refractivity contribution in [3.05, 3.63) is 23.8 Å². The molecular formula is C14H17N3. The van der Waals surface area contributed by atoms with Gasteiger partial charge in [-0.25, -0.2) is 9.97 Å². The molecule has 1 heterocycles. The highest BCUT2D eigenvalue weighted by Gasteiger charge is 2.42. The molecule has 0 bridgehead atoms. The van der Waals surface area contributed by atoms with Crippen molar-refractivity contribution in [3.8, 4) is 6.07 Å². The lowest BCUT2D eigenvalue weighted by atomic mass is 9.69. The van der Waals surface area contributed by atoms with Crippen LogP contribution in [0.4, 0.5) is 0 Å². The van der Waals surface area contributed by atoms with Crippen LogP contribution in [0, 0.1) is 11.3 Å². The quantitative estimate of drug-likeness (QED) is 0.780. The molecule has 0 amide bonds. The molecule has 0 aliphatic heterocycles. The summed E-state index contributed by atoms with van der Waals surface area (Å²) in [5.41, 5.74) is 0.795. The van der Waals surface area contributed by atoms with Gasteiger partial charge in [0.25, 0.3) is 0 Å². The van der Waals surface area contributed by atoms with E-state index >= 15 is 0 Å². The van der Waals surface area contributed by atoms with Crippen molar-refractivity contribution in [2.45, 2.75) is 56.3 Å². The third-order valence-corrected chi connectivity index (χ3v) is 4.30. The average molecular weight is 227 g/mol. The molecule has 1 aromatic rings. The van der Waals surface area contributed by atoms with Crippen molar-refractivity contribution in [1.82, 2.24) is 9.97 Å². The lowest BCUT2D eigenvalue weighted by Gasteiger charge is -2.33. The number of hydrogen-bond donors (Lipinski definition) is 0. The molecule has 3 heteroatoms. The number of hydrogen-bond acceptors (Lipinski definition) is 3. The Bertz CT molecular complexity index is 451. The Kier molecular flexibility index (Phi) is 2.58. The summed E-state index contributed by atoms with van der Waals surface area (Å²) in [4.78, 5) is 9.03. The molecule has 2 aliphatic carbocycles. The Hall–Kier alpha value is -1.43. The van der Waals surface area contributed by atoms with Crippen molar-refractivity contribution < 1.29 is 0 Å². The Morgan fingerprint density at radius 1 is 1.24 bits per heavy atom. The fourth-order valence-corrected chi connectivity index (χ4v) is 2.97. The maximum atomic E-state index is 9.32. The smallest absolute Gasteiger partial charge is 0.148 e. The second-order valence-electron chi connectivity index (χ2n) is 5.33. The molecule has 3 rings (SSSR count). The van der Waals surface area contributed by atoms with Crippen LogP contribution >= 0.6 is 0 Å². The van der Waals surface area contributed by atoms with Gasteiger partial charge in [-0.2, -0.15) is 5.26 Å². The molecule has 2 fully saturated rings. The van der Waals surface area contributed by atoms with Gasteiger partial charge in [0.15, 0.2) is 0 Å². The minimum atomic E-state index is -0.366. The van der Waals surface area contributed by atoms with Crippen LogP contribution in [0.25, 0.3) is 0 Å². The summed E-state index contributed by atoms with van der Waals surface area (Å²) in [6, 6.07) is 4.45. The molecule has 0 spiro atoms. The van der Waals surface area contributed by atoms with Crippen LogP contribution in [0.1, 0.15) is 62.4 Å². The summed E-state index contributed by atoms with van der Waals surface area (Å²) in [7, 11) is 0. The first-order valence-corrected chi connectivity index (χ1v) is 6.59. The zero-order valence-corrected chi connectivity index (χ0v) is 10.0. The van der Waals surface area contributed by atoms with Crippen LogP contribution in [-0.2, 0) is 5.41 Å². The molecule has 2 saturated carbocycles. The first-order chi connectivity index (χ1) is 8.34. The van der Waals surface area contributed by atoms with Gasteiger partial charge in [0.05, 0.1) is 6.07 Å². The maximum Gasteiger partial charge on any atom is 0.148 e. The van der Waals surface area contributed by atoms with E-state index in [0.717, 1.165) is 30.8 Å². The largest absolute Gasteiger partial charge is 0.240 e. The van der Waals surface area contributed by atoms with E-state index in [0.29, 0.717) is 5.92 Å². The topological polar surface area (TPSA) is 49.6 Å². The summed E-state index contributed by atoms with van der Waals surface area (Å²) >= 11 is 0. The fourth-order valence-electron chi connectivity index (χ4n) is 2.97. The minimum Gasteiger partial charge on any atom is -0.240 e. The molecule has 0 atom stereocenters. The van der Waals surface area contributed by atoms with Crippen LogP contribution in [0.2, 0.25) is 0 Å². The van der Waals surface area contributed by atoms with E-state index in [4.69, 9.17) is 0 Å². The van der Waals surface area contributed by atoms with E-state index in [-0.39, 0.29) is 5.41 Å². The van der Waals surface area contributed by atoms with E-state index in [1.54, 1.807) is 0 Å². The predicted molar refractivity (Wildman–Crippen MR) is 64.4 cm³/mol. The average Bonchev–Trinajstić information content (AvgIpc) is 2.82. The molecule has 3 nitrogen and oxygen atoms in total. The molecule has 17 heavy (non-hydrogen) atoms. The van der Waals surface area contributed by atoms with E-state index in [9.17, 15) is 5.26 Å². The Balaban J connectivity index is 1.91. The molecule has 88 valence electrons. The van der Waals surface area contributed by atoms with Gasteiger partial charge >= 0.3 is 0 Å². The minimum absolute atomic E-state index is 0.366. The van der Waals surface area contributed by atoms with E-state index in [1.165, 1.54) is 25.7 Å². The van der Waals surface area contributed by atoms with Gasteiger partial charge in [0, 0.05) is 17.8 Å². The first kappa shape index (κ1) is 10.7. The molecule has 0 saturated heterocycles. The SMILES string of the molecule is N#CC1(c2nccc(C3CCCC3)n2)CCC1. The molecular weight excluding hydrogens is 210 g/mol. The van der Waals surface area contributed by atoms with E-state index in [2.05, 4.69) is 16.0 Å². The highest BCUT2D eigenvalue weighted by Crippen LogP contribution is 2.42. The van der Waals surface area contributed by atoms with Crippen LogP contribution in [-0.4, -0.2) is 9.97 Å². The molecule has 0 aromatic carbocycles. The molecule has 1 aromatic heterocycles. The van der Waals surface area contributed by atoms with Crippen molar-refractivity contribution in [2.24, 2.45) is 0 Å². The molecule has 0 N–H and O–H groups in total. The fraction of sp³-hybridized carbons (Fsp3) is 0.643. The van der Waals surface area contributed by atoms with Gasteiger partial charge < -0.3 is 0 Å². The molecule has 0 radical (unpaired) electrons. The van der Waals surface area contributed by atoms with Gasteiger partial charge in [-0.3, -0.25) is 0 Å². The lowest BCUT2D eigenvalue weighted by Crippen LogP contribution is -2.34. The van der Waals surface area contributed by atoms with Crippen molar-refractivity contribution in [2.75, 3.05) is 0 Å². The van der Waals surface area contributed by atoms with Crippen molar-refractivity contribution >= 4 is 0 Å². The predicted octanol–water partition coefficient (Wildman–Crippen LogP) is 3.08. The number of nitrogens with zero attached hydrogens (tertiary/aromatic N) is 3. The van der Waals surface area contributed by atoms with Gasteiger partial charge in [-0.15, -0.1) is 0 Å². The first-order valence-electron chi connectivity index (χ1n) is 6.59. The zero-order valence-electron chi connectivity index (χ0n) is 10.0. The lowest BCUT2D eigenvalue weighted by molar-refractivity contribution is 0.306. The van der Waals surface area contributed by atoms with E-state index in [1.807, 2.05) is 12.3 Å². The Labute approximate surface area is 102 Å². The van der Waals surface area contributed by atoms with Gasteiger partial charge in [-0.1, -0.05) is 12.8 Å². The summed E-state index contributed by atoms with van der Waals surface area (Å²) < 4.78 is 0.